The fourth-order valence-corrected chi connectivity index (χ4v) is 2.89. The second-order valence-corrected chi connectivity index (χ2v) is 5.90. The molecule has 6 heteroatoms. The van der Waals surface area contributed by atoms with Crippen molar-refractivity contribution in [1.82, 2.24) is 4.90 Å². The van der Waals surface area contributed by atoms with Crippen LogP contribution in [0.25, 0.3) is 0 Å². The summed E-state index contributed by atoms with van der Waals surface area (Å²) < 4.78 is 51.8. The number of benzene rings is 1. The Morgan fingerprint density at radius 3 is 2.29 bits per heavy atom. The van der Waals surface area contributed by atoms with Gasteiger partial charge in [-0.15, -0.1) is 0 Å². The molecule has 0 saturated carbocycles. The van der Waals surface area contributed by atoms with E-state index in [1.54, 1.807) is 0 Å². The highest BCUT2D eigenvalue weighted by atomic mass is 19.4. The molecule has 118 valence electrons. The minimum Gasteiger partial charge on any atom is -0.329 e. The van der Waals surface area contributed by atoms with Gasteiger partial charge in [-0.2, -0.15) is 13.2 Å². The summed E-state index contributed by atoms with van der Waals surface area (Å²) in [4.78, 5) is 2.09. The van der Waals surface area contributed by atoms with Crippen LogP contribution in [-0.2, 0) is 6.18 Å². The minimum absolute atomic E-state index is 0.211. The van der Waals surface area contributed by atoms with E-state index in [2.05, 4.69) is 18.7 Å². The molecule has 1 saturated heterocycles. The lowest BCUT2D eigenvalue weighted by atomic mass is 10.0. The van der Waals surface area contributed by atoms with Crippen LogP contribution >= 0.6 is 0 Å². The number of hydrogen-bond donors (Lipinski definition) is 1. The van der Waals surface area contributed by atoms with Gasteiger partial charge in [0.25, 0.3) is 0 Å². The van der Waals surface area contributed by atoms with Crippen LogP contribution in [0.1, 0.15) is 31.0 Å². The summed E-state index contributed by atoms with van der Waals surface area (Å²) in [7, 11) is 0. The number of hydrogen-bond acceptors (Lipinski definition) is 2. The molecular weight excluding hydrogens is 284 g/mol. The highest BCUT2D eigenvalue weighted by Gasteiger charge is 2.36. The van der Waals surface area contributed by atoms with Gasteiger partial charge in [0.1, 0.15) is 5.82 Å². The number of nitrogens with zero attached hydrogens (tertiary/aromatic N) is 1. The third kappa shape index (κ3) is 3.37. The maximum atomic E-state index is 13.4. The van der Waals surface area contributed by atoms with Gasteiger partial charge in [-0.05, 0) is 29.5 Å². The molecule has 0 aliphatic carbocycles. The van der Waals surface area contributed by atoms with Crippen LogP contribution in [0.15, 0.2) is 18.2 Å². The van der Waals surface area contributed by atoms with Gasteiger partial charge in [0.15, 0.2) is 0 Å². The zero-order valence-corrected chi connectivity index (χ0v) is 12.1. The molecule has 21 heavy (non-hydrogen) atoms. The van der Waals surface area contributed by atoms with E-state index in [0.29, 0.717) is 17.4 Å². The summed E-state index contributed by atoms with van der Waals surface area (Å²) >= 11 is 0. The molecule has 1 fully saturated rings. The van der Waals surface area contributed by atoms with E-state index in [4.69, 9.17) is 5.73 Å². The lowest BCUT2D eigenvalue weighted by Crippen LogP contribution is -2.32. The molecule has 3 unspecified atom stereocenters. The standard InChI is InChI=1S/C15H20F4N2/c1-9-7-21(8-10(9)2)14(6-20)11-3-4-13(16)12(5-11)15(17,18)19/h3-5,9-10,14H,6-8,20H2,1-2H3. The summed E-state index contributed by atoms with van der Waals surface area (Å²) in [6.07, 6.45) is -4.69. The van der Waals surface area contributed by atoms with Gasteiger partial charge >= 0.3 is 6.18 Å². The fraction of sp³-hybridized carbons (Fsp3) is 0.600. The number of nitrogens with two attached hydrogens (primary N) is 1. The predicted octanol–water partition coefficient (Wildman–Crippen LogP) is 3.43. The molecule has 1 aromatic rings. The van der Waals surface area contributed by atoms with Crippen LogP contribution in [0.5, 0.6) is 0 Å². The average molecular weight is 304 g/mol. The van der Waals surface area contributed by atoms with Crippen molar-refractivity contribution in [2.24, 2.45) is 17.6 Å². The minimum atomic E-state index is -4.69. The number of likely N-dealkylation sites (tertiary alicyclic amines) is 1. The van der Waals surface area contributed by atoms with Crippen LogP contribution in [0.2, 0.25) is 0 Å². The van der Waals surface area contributed by atoms with Crippen LogP contribution in [0.3, 0.4) is 0 Å². The van der Waals surface area contributed by atoms with Crippen LogP contribution in [0.4, 0.5) is 17.6 Å². The largest absolute Gasteiger partial charge is 0.419 e. The monoisotopic (exact) mass is 304 g/mol. The second kappa shape index (κ2) is 5.93. The van der Waals surface area contributed by atoms with E-state index in [0.717, 1.165) is 25.2 Å². The van der Waals surface area contributed by atoms with Crippen molar-refractivity contribution in [3.63, 3.8) is 0 Å². The van der Waals surface area contributed by atoms with Gasteiger partial charge in [0, 0.05) is 25.7 Å². The van der Waals surface area contributed by atoms with E-state index in [-0.39, 0.29) is 12.6 Å². The van der Waals surface area contributed by atoms with Crippen molar-refractivity contribution in [2.45, 2.75) is 26.1 Å². The molecular formula is C15H20F4N2. The van der Waals surface area contributed by atoms with Gasteiger partial charge < -0.3 is 5.73 Å². The number of halogens is 4. The first-order valence-corrected chi connectivity index (χ1v) is 7.04. The number of alkyl halides is 3. The molecule has 2 nitrogen and oxygen atoms in total. The van der Waals surface area contributed by atoms with Gasteiger partial charge in [-0.3, -0.25) is 4.90 Å². The van der Waals surface area contributed by atoms with E-state index < -0.39 is 17.6 Å². The van der Waals surface area contributed by atoms with Crippen molar-refractivity contribution in [3.05, 3.63) is 35.1 Å². The van der Waals surface area contributed by atoms with E-state index in [9.17, 15) is 17.6 Å². The maximum Gasteiger partial charge on any atom is 0.419 e. The lowest BCUT2D eigenvalue weighted by molar-refractivity contribution is -0.140. The van der Waals surface area contributed by atoms with Crippen LogP contribution in [-0.4, -0.2) is 24.5 Å². The Hall–Kier alpha value is -1.14. The molecule has 1 aliphatic heterocycles. The summed E-state index contributed by atoms with van der Waals surface area (Å²) in [5.41, 5.74) is 4.96. The van der Waals surface area contributed by atoms with E-state index in [1.165, 1.54) is 6.07 Å². The molecule has 0 spiro atoms. The Balaban J connectivity index is 2.31. The normalized spacial score (nSPS) is 25.3. The average Bonchev–Trinajstić information content (AvgIpc) is 2.71. The highest BCUT2D eigenvalue weighted by molar-refractivity contribution is 5.30. The second-order valence-electron chi connectivity index (χ2n) is 5.90. The summed E-state index contributed by atoms with van der Waals surface area (Å²) in [6.45, 7) is 6.03. The van der Waals surface area contributed by atoms with Gasteiger partial charge in [0.05, 0.1) is 5.56 Å². The van der Waals surface area contributed by atoms with Crippen molar-refractivity contribution in [3.8, 4) is 0 Å². The Kier molecular flexibility index (Phi) is 4.58. The molecule has 2 N–H and O–H groups in total. The molecule has 1 aliphatic rings. The SMILES string of the molecule is CC1CN(C(CN)c2ccc(F)c(C(F)(F)F)c2)CC1C. The third-order valence-electron chi connectivity index (χ3n) is 4.36. The van der Waals surface area contributed by atoms with E-state index in [1.807, 2.05) is 0 Å². The van der Waals surface area contributed by atoms with E-state index >= 15 is 0 Å². The lowest BCUT2D eigenvalue weighted by Gasteiger charge is -2.27. The van der Waals surface area contributed by atoms with Crippen molar-refractivity contribution in [2.75, 3.05) is 19.6 Å². The predicted molar refractivity (Wildman–Crippen MR) is 73.1 cm³/mol. The van der Waals surface area contributed by atoms with Crippen molar-refractivity contribution in [1.29, 1.82) is 0 Å². The summed E-state index contributed by atoms with van der Waals surface area (Å²) in [5.74, 6) is -0.298. The molecule has 0 amide bonds. The first-order valence-electron chi connectivity index (χ1n) is 7.04. The van der Waals surface area contributed by atoms with Crippen LogP contribution < -0.4 is 5.73 Å². The van der Waals surface area contributed by atoms with Crippen LogP contribution in [0, 0.1) is 17.7 Å². The van der Waals surface area contributed by atoms with Crippen molar-refractivity contribution >= 4 is 0 Å². The molecule has 0 bridgehead atoms. The maximum absolute atomic E-state index is 13.4. The quantitative estimate of drug-likeness (QED) is 0.867. The molecule has 3 atom stereocenters. The summed E-state index contributed by atoms with van der Waals surface area (Å²) in [5, 5.41) is 0. The fourth-order valence-electron chi connectivity index (χ4n) is 2.89. The topological polar surface area (TPSA) is 29.3 Å². The molecule has 0 aromatic heterocycles. The first kappa shape index (κ1) is 16.2. The Morgan fingerprint density at radius 2 is 1.81 bits per heavy atom. The Morgan fingerprint density at radius 1 is 1.24 bits per heavy atom. The third-order valence-corrected chi connectivity index (χ3v) is 4.36. The zero-order chi connectivity index (χ0) is 15.8. The Bertz CT molecular complexity index is 491. The summed E-state index contributed by atoms with van der Waals surface area (Å²) in [6, 6.07) is 2.86. The Labute approximate surface area is 121 Å². The molecule has 1 heterocycles. The van der Waals surface area contributed by atoms with Gasteiger partial charge in [0.2, 0.25) is 0 Å². The number of rotatable bonds is 3. The van der Waals surface area contributed by atoms with Gasteiger partial charge in [-0.1, -0.05) is 19.9 Å². The van der Waals surface area contributed by atoms with Crippen molar-refractivity contribution < 1.29 is 17.6 Å². The molecule has 2 rings (SSSR count). The zero-order valence-electron chi connectivity index (χ0n) is 12.1. The first-order chi connectivity index (χ1) is 9.74. The molecule has 0 radical (unpaired) electrons. The smallest absolute Gasteiger partial charge is 0.329 e. The highest BCUT2D eigenvalue weighted by Crippen LogP contribution is 2.35. The van der Waals surface area contributed by atoms with Gasteiger partial charge in [-0.25, -0.2) is 4.39 Å². The molecule has 1 aromatic carbocycles.